The van der Waals surface area contributed by atoms with Crippen LogP contribution in [0.2, 0.25) is 0 Å². The predicted octanol–water partition coefficient (Wildman–Crippen LogP) is 2.08. The van der Waals surface area contributed by atoms with E-state index in [0.717, 1.165) is 11.3 Å². The maximum atomic E-state index is 12.0. The van der Waals surface area contributed by atoms with Crippen molar-refractivity contribution in [2.45, 2.75) is 6.92 Å². The van der Waals surface area contributed by atoms with E-state index in [9.17, 15) is 4.79 Å². The number of carbonyl (C=O) groups excluding carboxylic acids is 1. The number of anilines is 2. The lowest BCUT2D eigenvalue weighted by atomic mass is 10.2. The molecule has 0 spiro atoms. The first-order valence-electron chi connectivity index (χ1n) is 5.56. The summed E-state index contributed by atoms with van der Waals surface area (Å²) in [4.78, 5) is 20.1. The van der Waals surface area contributed by atoms with Crippen LogP contribution in [-0.4, -0.2) is 22.9 Å². The van der Waals surface area contributed by atoms with E-state index in [2.05, 4.69) is 20.6 Å². The van der Waals surface area contributed by atoms with Crippen molar-refractivity contribution in [3.05, 3.63) is 47.9 Å². The normalized spacial score (nSPS) is 9.89. The summed E-state index contributed by atoms with van der Waals surface area (Å²) in [6.45, 7) is 1.90. The van der Waals surface area contributed by atoms with Crippen molar-refractivity contribution in [2.75, 3.05) is 17.7 Å². The summed E-state index contributed by atoms with van der Waals surface area (Å²) < 4.78 is 0. The number of aromatic nitrogens is 2. The Balaban J connectivity index is 2.19. The van der Waals surface area contributed by atoms with E-state index in [0.29, 0.717) is 11.4 Å². The SMILES string of the molecule is CNc1cc(C(=O)Nc2ccncc2C)ccn1. The van der Waals surface area contributed by atoms with Crippen molar-refractivity contribution in [1.29, 1.82) is 0 Å². The summed E-state index contributed by atoms with van der Waals surface area (Å²) in [6, 6.07) is 5.14. The predicted molar refractivity (Wildman–Crippen MR) is 70.7 cm³/mol. The van der Waals surface area contributed by atoms with Crippen molar-refractivity contribution in [1.82, 2.24) is 9.97 Å². The number of nitrogens with zero attached hydrogens (tertiary/aromatic N) is 2. The Morgan fingerprint density at radius 1 is 1.28 bits per heavy atom. The van der Waals surface area contributed by atoms with Gasteiger partial charge in [-0.1, -0.05) is 0 Å². The van der Waals surface area contributed by atoms with Gasteiger partial charge in [0.15, 0.2) is 0 Å². The van der Waals surface area contributed by atoms with Gasteiger partial charge in [-0.2, -0.15) is 0 Å². The van der Waals surface area contributed by atoms with Crippen LogP contribution in [0.1, 0.15) is 15.9 Å². The van der Waals surface area contributed by atoms with E-state index in [1.54, 1.807) is 43.8 Å². The van der Waals surface area contributed by atoms with E-state index in [4.69, 9.17) is 0 Å². The number of rotatable bonds is 3. The molecule has 0 atom stereocenters. The fraction of sp³-hybridized carbons (Fsp3) is 0.154. The molecule has 0 bridgehead atoms. The van der Waals surface area contributed by atoms with Gasteiger partial charge in [0, 0.05) is 36.9 Å². The average Bonchev–Trinajstić information content (AvgIpc) is 2.41. The monoisotopic (exact) mass is 242 g/mol. The van der Waals surface area contributed by atoms with E-state index in [1.165, 1.54) is 0 Å². The molecule has 0 saturated carbocycles. The summed E-state index contributed by atoms with van der Waals surface area (Å²) in [6.07, 6.45) is 4.95. The Morgan fingerprint density at radius 2 is 2.11 bits per heavy atom. The Morgan fingerprint density at radius 3 is 2.83 bits per heavy atom. The molecule has 2 aromatic rings. The topological polar surface area (TPSA) is 66.9 Å². The molecule has 0 aliphatic rings. The molecule has 2 N–H and O–H groups in total. The summed E-state index contributed by atoms with van der Waals surface area (Å²) >= 11 is 0. The van der Waals surface area contributed by atoms with Gasteiger partial charge < -0.3 is 10.6 Å². The Kier molecular flexibility index (Phi) is 3.52. The molecule has 2 heterocycles. The van der Waals surface area contributed by atoms with Gasteiger partial charge in [-0.3, -0.25) is 9.78 Å². The number of nitrogens with one attached hydrogen (secondary N) is 2. The quantitative estimate of drug-likeness (QED) is 0.864. The second-order valence-corrected chi connectivity index (χ2v) is 3.82. The van der Waals surface area contributed by atoms with Crippen LogP contribution in [0.4, 0.5) is 11.5 Å². The molecule has 2 aromatic heterocycles. The summed E-state index contributed by atoms with van der Waals surface area (Å²) in [5.74, 6) is 0.498. The van der Waals surface area contributed by atoms with Gasteiger partial charge in [0.2, 0.25) is 0 Å². The van der Waals surface area contributed by atoms with Crippen molar-refractivity contribution < 1.29 is 4.79 Å². The third-order valence-electron chi connectivity index (χ3n) is 2.55. The summed E-state index contributed by atoms with van der Waals surface area (Å²) in [7, 11) is 1.76. The fourth-order valence-electron chi connectivity index (χ4n) is 1.52. The Labute approximate surface area is 105 Å². The third-order valence-corrected chi connectivity index (χ3v) is 2.55. The molecule has 0 radical (unpaired) electrons. The molecule has 0 aliphatic heterocycles. The lowest BCUT2D eigenvalue weighted by molar-refractivity contribution is 0.102. The maximum absolute atomic E-state index is 12.0. The number of hydrogen-bond acceptors (Lipinski definition) is 4. The smallest absolute Gasteiger partial charge is 0.255 e. The molecule has 0 fully saturated rings. The van der Waals surface area contributed by atoms with Crippen LogP contribution in [0.25, 0.3) is 0 Å². The van der Waals surface area contributed by atoms with Gasteiger partial charge in [0.1, 0.15) is 5.82 Å². The zero-order valence-electron chi connectivity index (χ0n) is 10.3. The maximum Gasteiger partial charge on any atom is 0.255 e. The van der Waals surface area contributed by atoms with Gasteiger partial charge in [-0.15, -0.1) is 0 Å². The van der Waals surface area contributed by atoms with E-state index >= 15 is 0 Å². The summed E-state index contributed by atoms with van der Waals surface area (Å²) in [5.41, 5.74) is 2.25. The number of amides is 1. The molecule has 0 aromatic carbocycles. The highest BCUT2D eigenvalue weighted by Crippen LogP contribution is 2.14. The highest BCUT2D eigenvalue weighted by Gasteiger charge is 2.08. The molecule has 1 amide bonds. The van der Waals surface area contributed by atoms with Crippen LogP contribution in [0.15, 0.2) is 36.8 Å². The van der Waals surface area contributed by atoms with Gasteiger partial charge >= 0.3 is 0 Å². The number of aryl methyl sites for hydroxylation is 1. The highest BCUT2D eigenvalue weighted by molar-refractivity contribution is 6.04. The molecular weight excluding hydrogens is 228 g/mol. The summed E-state index contributed by atoms with van der Waals surface area (Å²) in [5, 5.41) is 5.74. The minimum Gasteiger partial charge on any atom is -0.373 e. The van der Waals surface area contributed by atoms with Gasteiger partial charge in [0.25, 0.3) is 5.91 Å². The lowest BCUT2D eigenvalue weighted by Gasteiger charge is -2.08. The molecule has 0 unspecified atom stereocenters. The van der Waals surface area contributed by atoms with Gasteiger partial charge in [-0.05, 0) is 30.7 Å². The minimum atomic E-state index is -0.164. The molecule has 2 rings (SSSR count). The van der Waals surface area contributed by atoms with Crippen LogP contribution in [0.5, 0.6) is 0 Å². The molecular formula is C13H14N4O. The third kappa shape index (κ3) is 2.63. The minimum absolute atomic E-state index is 0.164. The van der Waals surface area contributed by atoms with E-state index in [-0.39, 0.29) is 5.91 Å². The molecule has 5 nitrogen and oxygen atoms in total. The standard InChI is InChI=1S/C13H14N4O/c1-9-8-15-5-4-11(9)17-13(18)10-3-6-16-12(7-10)14-2/h3-8H,1-2H3,(H,14,16)(H,15,17,18). The molecule has 5 heteroatoms. The molecule has 92 valence electrons. The van der Waals surface area contributed by atoms with Crippen LogP contribution in [0, 0.1) is 6.92 Å². The largest absolute Gasteiger partial charge is 0.373 e. The number of carbonyl (C=O) groups is 1. The Bertz CT molecular complexity index is 568. The number of hydrogen-bond donors (Lipinski definition) is 2. The van der Waals surface area contributed by atoms with Crippen LogP contribution < -0.4 is 10.6 Å². The first kappa shape index (κ1) is 12.0. The Hall–Kier alpha value is -2.43. The first-order valence-corrected chi connectivity index (χ1v) is 5.56. The molecule has 0 saturated heterocycles. The van der Waals surface area contributed by atoms with Crippen LogP contribution >= 0.6 is 0 Å². The van der Waals surface area contributed by atoms with Gasteiger partial charge in [0.05, 0.1) is 0 Å². The van der Waals surface area contributed by atoms with Crippen molar-refractivity contribution in [3.8, 4) is 0 Å². The zero-order valence-corrected chi connectivity index (χ0v) is 10.3. The van der Waals surface area contributed by atoms with E-state index < -0.39 is 0 Å². The van der Waals surface area contributed by atoms with Crippen LogP contribution in [0.3, 0.4) is 0 Å². The zero-order chi connectivity index (χ0) is 13.0. The lowest BCUT2D eigenvalue weighted by Crippen LogP contribution is -2.13. The second-order valence-electron chi connectivity index (χ2n) is 3.82. The van der Waals surface area contributed by atoms with Crippen molar-refractivity contribution in [3.63, 3.8) is 0 Å². The second kappa shape index (κ2) is 5.27. The molecule has 0 aliphatic carbocycles. The average molecular weight is 242 g/mol. The first-order chi connectivity index (χ1) is 8.70. The number of pyridine rings is 2. The fourth-order valence-corrected chi connectivity index (χ4v) is 1.52. The van der Waals surface area contributed by atoms with Crippen molar-refractivity contribution in [2.24, 2.45) is 0 Å². The van der Waals surface area contributed by atoms with Crippen LogP contribution in [-0.2, 0) is 0 Å². The van der Waals surface area contributed by atoms with Gasteiger partial charge in [-0.25, -0.2) is 4.98 Å². The van der Waals surface area contributed by atoms with Crippen molar-refractivity contribution >= 4 is 17.4 Å². The molecule has 18 heavy (non-hydrogen) atoms. The van der Waals surface area contributed by atoms with E-state index in [1.807, 2.05) is 6.92 Å². The highest BCUT2D eigenvalue weighted by atomic mass is 16.1.